The van der Waals surface area contributed by atoms with Gasteiger partial charge in [-0.05, 0) is 60.9 Å². The van der Waals surface area contributed by atoms with Gasteiger partial charge in [0.15, 0.2) is 0 Å². The van der Waals surface area contributed by atoms with Crippen molar-refractivity contribution >= 4 is 28.3 Å². The minimum atomic E-state index is -0.211. The fourth-order valence-corrected chi connectivity index (χ4v) is 5.55. The highest BCUT2D eigenvalue weighted by atomic mass is 16.5. The van der Waals surface area contributed by atoms with Crippen molar-refractivity contribution in [1.82, 2.24) is 19.9 Å². The number of ether oxygens (including phenoxy) is 1. The highest BCUT2D eigenvalue weighted by Gasteiger charge is 2.27. The van der Waals surface area contributed by atoms with E-state index < -0.39 is 0 Å². The van der Waals surface area contributed by atoms with E-state index >= 15 is 0 Å². The topological polar surface area (TPSA) is 104 Å². The molecule has 2 saturated heterocycles. The molecule has 1 unspecified atom stereocenters. The summed E-state index contributed by atoms with van der Waals surface area (Å²) in [7, 11) is 0. The van der Waals surface area contributed by atoms with Gasteiger partial charge >= 0.3 is 0 Å². The zero-order valence-electron chi connectivity index (χ0n) is 22.0. The van der Waals surface area contributed by atoms with E-state index in [4.69, 9.17) is 9.72 Å². The van der Waals surface area contributed by atoms with Crippen LogP contribution in [0.3, 0.4) is 0 Å². The molecule has 1 atom stereocenters. The number of aromatic nitrogens is 3. The highest BCUT2D eigenvalue weighted by molar-refractivity contribution is 6.05. The molecule has 6 rings (SSSR count). The molecular formula is C30H32N6O3. The Morgan fingerprint density at radius 1 is 1.10 bits per heavy atom. The van der Waals surface area contributed by atoms with Crippen LogP contribution in [0.15, 0.2) is 61.1 Å². The van der Waals surface area contributed by atoms with Gasteiger partial charge in [-0.1, -0.05) is 0 Å². The molecule has 1 amide bonds. The number of rotatable bonds is 6. The number of nitrogens with zero attached hydrogens (tertiary/aromatic N) is 5. The molecule has 39 heavy (non-hydrogen) atoms. The van der Waals surface area contributed by atoms with Gasteiger partial charge in [0, 0.05) is 79.9 Å². The molecule has 4 aromatic rings. The number of aryl methyl sites for hydroxylation is 1. The minimum absolute atomic E-state index is 0.0131. The molecule has 2 aliphatic heterocycles. The molecule has 0 aliphatic carbocycles. The summed E-state index contributed by atoms with van der Waals surface area (Å²) in [6.07, 6.45) is 6.44. The van der Waals surface area contributed by atoms with Crippen LogP contribution in [-0.2, 0) is 11.3 Å². The molecule has 200 valence electrons. The minimum Gasteiger partial charge on any atom is -0.493 e. The number of hydrogen-bond donors (Lipinski definition) is 2. The number of carbonyl (C=O) groups is 1. The van der Waals surface area contributed by atoms with Crippen LogP contribution in [0.25, 0.3) is 10.9 Å². The molecule has 0 bridgehead atoms. The van der Waals surface area contributed by atoms with Gasteiger partial charge in [-0.2, -0.15) is 0 Å². The van der Waals surface area contributed by atoms with Crippen molar-refractivity contribution in [3.05, 3.63) is 83.3 Å². The summed E-state index contributed by atoms with van der Waals surface area (Å²) in [5.41, 5.74) is 5.11. The highest BCUT2D eigenvalue weighted by Crippen LogP contribution is 2.32. The summed E-state index contributed by atoms with van der Waals surface area (Å²) in [6.45, 7) is 7.57. The van der Waals surface area contributed by atoms with Crippen molar-refractivity contribution in [2.24, 2.45) is 0 Å². The SMILES string of the molecule is Cc1cc(O)nc2ccc(NC(=O)c3cnc(N4CCC(c5ccncc5)C4)c(CN4CCOCC4)c3)cc12. The number of amides is 1. The van der Waals surface area contributed by atoms with E-state index in [0.29, 0.717) is 42.4 Å². The predicted molar refractivity (Wildman–Crippen MR) is 150 cm³/mol. The Kier molecular flexibility index (Phi) is 7.08. The first-order chi connectivity index (χ1) is 19.0. The second-order valence-electron chi connectivity index (χ2n) is 10.3. The lowest BCUT2D eigenvalue weighted by Crippen LogP contribution is -2.36. The van der Waals surface area contributed by atoms with E-state index in [1.165, 1.54) is 5.56 Å². The summed E-state index contributed by atoms with van der Waals surface area (Å²) in [5.74, 6) is 1.15. The van der Waals surface area contributed by atoms with Gasteiger partial charge in [-0.3, -0.25) is 14.7 Å². The van der Waals surface area contributed by atoms with Crippen LogP contribution in [0.5, 0.6) is 5.88 Å². The smallest absolute Gasteiger partial charge is 0.257 e. The lowest BCUT2D eigenvalue weighted by Gasteiger charge is -2.29. The van der Waals surface area contributed by atoms with E-state index in [1.54, 1.807) is 24.4 Å². The third kappa shape index (κ3) is 5.55. The van der Waals surface area contributed by atoms with E-state index in [2.05, 4.69) is 37.2 Å². The summed E-state index contributed by atoms with van der Waals surface area (Å²) in [6, 6.07) is 13.3. The normalized spacial score (nSPS) is 18.0. The first kappa shape index (κ1) is 25.2. The maximum absolute atomic E-state index is 13.3. The Labute approximate surface area is 227 Å². The van der Waals surface area contributed by atoms with Crippen LogP contribution < -0.4 is 10.2 Å². The van der Waals surface area contributed by atoms with Crippen LogP contribution in [0, 0.1) is 6.92 Å². The van der Waals surface area contributed by atoms with Crippen molar-refractivity contribution in [1.29, 1.82) is 0 Å². The molecule has 2 fully saturated rings. The monoisotopic (exact) mass is 524 g/mol. The van der Waals surface area contributed by atoms with E-state index in [9.17, 15) is 9.90 Å². The Hall–Kier alpha value is -4.08. The van der Waals surface area contributed by atoms with Crippen molar-refractivity contribution in [3.8, 4) is 5.88 Å². The number of carbonyl (C=O) groups excluding carboxylic acids is 1. The Bertz CT molecular complexity index is 1490. The summed E-state index contributed by atoms with van der Waals surface area (Å²) < 4.78 is 5.55. The Balaban J connectivity index is 1.25. The molecule has 2 aliphatic rings. The van der Waals surface area contributed by atoms with Gasteiger partial charge in [0.2, 0.25) is 5.88 Å². The number of pyridine rings is 3. The molecule has 0 spiro atoms. The molecular weight excluding hydrogens is 492 g/mol. The number of benzene rings is 1. The summed E-state index contributed by atoms with van der Waals surface area (Å²) in [5, 5.41) is 13.7. The van der Waals surface area contributed by atoms with Crippen LogP contribution in [0.1, 0.15) is 39.4 Å². The number of fused-ring (bicyclic) bond motifs is 1. The van der Waals surface area contributed by atoms with E-state index in [-0.39, 0.29) is 11.8 Å². The van der Waals surface area contributed by atoms with E-state index in [1.807, 2.05) is 31.5 Å². The average Bonchev–Trinajstić information content (AvgIpc) is 3.44. The van der Waals surface area contributed by atoms with Gasteiger partial charge < -0.3 is 20.1 Å². The van der Waals surface area contributed by atoms with Crippen LogP contribution in [-0.4, -0.2) is 70.3 Å². The fraction of sp³-hybridized carbons (Fsp3) is 0.333. The fourth-order valence-electron chi connectivity index (χ4n) is 5.55. The molecule has 2 N–H and O–H groups in total. The molecule has 0 radical (unpaired) electrons. The predicted octanol–water partition coefficient (Wildman–Crippen LogP) is 4.12. The van der Waals surface area contributed by atoms with E-state index in [0.717, 1.165) is 54.9 Å². The van der Waals surface area contributed by atoms with Gasteiger partial charge in [-0.25, -0.2) is 9.97 Å². The van der Waals surface area contributed by atoms with Crippen molar-refractivity contribution in [2.45, 2.75) is 25.8 Å². The lowest BCUT2D eigenvalue weighted by atomic mass is 10.00. The van der Waals surface area contributed by atoms with Gasteiger partial charge in [0.05, 0.1) is 24.3 Å². The summed E-state index contributed by atoms with van der Waals surface area (Å²) in [4.78, 5) is 31.2. The number of nitrogens with one attached hydrogen (secondary N) is 1. The van der Waals surface area contributed by atoms with Crippen LogP contribution in [0.4, 0.5) is 11.5 Å². The number of aromatic hydroxyl groups is 1. The Morgan fingerprint density at radius 2 is 1.92 bits per heavy atom. The van der Waals surface area contributed by atoms with Gasteiger partial charge in [-0.15, -0.1) is 0 Å². The number of morpholine rings is 1. The quantitative estimate of drug-likeness (QED) is 0.388. The van der Waals surface area contributed by atoms with Crippen LogP contribution >= 0.6 is 0 Å². The lowest BCUT2D eigenvalue weighted by molar-refractivity contribution is 0.0342. The van der Waals surface area contributed by atoms with Crippen molar-refractivity contribution in [2.75, 3.05) is 49.6 Å². The largest absolute Gasteiger partial charge is 0.493 e. The third-order valence-electron chi connectivity index (χ3n) is 7.63. The molecule has 9 nitrogen and oxygen atoms in total. The zero-order valence-corrected chi connectivity index (χ0v) is 22.0. The molecule has 5 heterocycles. The third-order valence-corrected chi connectivity index (χ3v) is 7.63. The first-order valence-electron chi connectivity index (χ1n) is 13.4. The number of hydrogen-bond acceptors (Lipinski definition) is 8. The van der Waals surface area contributed by atoms with Crippen molar-refractivity contribution < 1.29 is 14.6 Å². The summed E-state index contributed by atoms with van der Waals surface area (Å²) >= 11 is 0. The van der Waals surface area contributed by atoms with Gasteiger partial charge in [0.25, 0.3) is 5.91 Å². The first-order valence-corrected chi connectivity index (χ1v) is 13.4. The molecule has 1 aromatic carbocycles. The van der Waals surface area contributed by atoms with Crippen LogP contribution in [0.2, 0.25) is 0 Å². The second-order valence-corrected chi connectivity index (χ2v) is 10.3. The second kappa shape index (κ2) is 11.0. The Morgan fingerprint density at radius 3 is 2.74 bits per heavy atom. The van der Waals surface area contributed by atoms with Gasteiger partial charge in [0.1, 0.15) is 5.82 Å². The molecule has 0 saturated carbocycles. The van der Waals surface area contributed by atoms with Crippen molar-refractivity contribution in [3.63, 3.8) is 0 Å². The average molecular weight is 525 g/mol. The maximum Gasteiger partial charge on any atom is 0.257 e. The molecule has 3 aromatic heterocycles. The number of anilines is 2. The zero-order chi connectivity index (χ0) is 26.8. The maximum atomic E-state index is 13.3. The molecule has 9 heteroatoms. The standard InChI is InChI=1S/C30H32N6O3/c1-20-14-28(37)34-27-3-2-25(16-26(20)27)33-30(38)23-15-24(18-35-10-12-39-13-11-35)29(32-17-23)36-9-6-22(19-36)21-4-7-31-8-5-21/h2-5,7-8,14-17,22H,6,9-13,18-19H2,1H3,(H,33,38)(H,34,37).